The predicted molar refractivity (Wildman–Crippen MR) is 153 cm³/mol. The molecule has 4 nitrogen and oxygen atoms in total. The Morgan fingerprint density at radius 3 is 2.00 bits per heavy atom. The van der Waals surface area contributed by atoms with Crippen molar-refractivity contribution >= 4 is 17.6 Å². The molecule has 0 radical (unpaired) electrons. The molecule has 5 heteroatoms. The minimum Gasteiger partial charge on any atom is -0.423 e. The molecule has 2 aromatic carbocycles. The van der Waals surface area contributed by atoms with Crippen molar-refractivity contribution in [1.29, 1.82) is 0 Å². The van der Waals surface area contributed by atoms with Gasteiger partial charge in [0.05, 0.1) is 5.56 Å². The molecular formula is C32H41ClN2O2. The molecule has 0 saturated carbocycles. The van der Waals surface area contributed by atoms with Gasteiger partial charge in [0.25, 0.3) is 0 Å². The number of nitrogens with zero attached hydrogens (tertiary/aromatic N) is 2. The molecule has 0 aliphatic carbocycles. The highest BCUT2D eigenvalue weighted by molar-refractivity contribution is 6.31. The molecule has 0 atom stereocenters. The highest BCUT2D eigenvalue weighted by Gasteiger charge is 2.12. The van der Waals surface area contributed by atoms with E-state index in [4.69, 9.17) is 16.3 Å². The van der Waals surface area contributed by atoms with Crippen LogP contribution in [0.25, 0.3) is 11.4 Å². The molecule has 37 heavy (non-hydrogen) atoms. The second-order valence-corrected chi connectivity index (χ2v) is 10.2. The van der Waals surface area contributed by atoms with E-state index in [0.29, 0.717) is 22.2 Å². The van der Waals surface area contributed by atoms with Crippen LogP contribution < -0.4 is 4.74 Å². The van der Waals surface area contributed by atoms with Gasteiger partial charge in [-0.3, -0.25) is 0 Å². The third-order valence-electron chi connectivity index (χ3n) is 6.69. The van der Waals surface area contributed by atoms with Crippen LogP contribution in [0.15, 0.2) is 54.9 Å². The molecule has 0 aliphatic rings. The zero-order chi connectivity index (χ0) is 26.3. The van der Waals surface area contributed by atoms with Crippen molar-refractivity contribution in [2.24, 2.45) is 0 Å². The van der Waals surface area contributed by atoms with E-state index in [0.717, 1.165) is 36.0 Å². The van der Waals surface area contributed by atoms with Crippen LogP contribution in [0.2, 0.25) is 5.02 Å². The van der Waals surface area contributed by atoms with E-state index in [1.165, 1.54) is 64.2 Å². The first kappa shape index (κ1) is 28.8. The quantitative estimate of drug-likeness (QED) is 0.107. The van der Waals surface area contributed by atoms with Crippen LogP contribution >= 0.6 is 11.6 Å². The summed E-state index contributed by atoms with van der Waals surface area (Å²) >= 11 is 6.48. The Hall–Kier alpha value is -2.72. The van der Waals surface area contributed by atoms with Crippen LogP contribution in [0.5, 0.6) is 5.75 Å². The third kappa shape index (κ3) is 9.92. The van der Waals surface area contributed by atoms with Crippen LogP contribution in [0.1, 0.15) is 106 Å². The molecule has 0 spiro atoms. The number of hydrogen-bond acceptors (Lipinski definition) is 4. The summed E-state index contributed by atoms with van der Waals surface area (Å²) in [5, 5.41) is 0.627. The maximum Gasteiger partial charge on any atom is 0.343 e. The van der Waals surface area contributed by atoms with Crippen molar-refractivity contribution < 1.29 is 9.53 Å². The smallest absolute Gasteiger partial charge is 0.343 e. The van der Waals surface area contributed by atoms with Gasteiger partial charge in [0.15, 0.2) is 5.82 Å². The van der Waals surface area contributed by atoms with E-state index in [2.05, 4.69) is 23.8 Å². The summed E-state index contributed by atoms with van der Waals surface area (Å²) in [6.45, 7) is 4.46. The zero-order valence-electron chi connectivity index (χ0n) is 22.5. The summed E-state index contributed by atoms with van der Waals surface area (Å²) in [6, 6.07) is 12.7. The average Bonchev–Trinajstić information content (AvgIpc) is 2.92. The van der Waals surface area contributed by atoms with Gasteiger partial charge in [-0.25, -0.2) is 14.8 Å². The Morgan fingerprint density at radius 2 is 1.35 bits per heavy atom. The lowest BCUT2D eigenvalue weighted by Crippen LogP contribution is -2.08. The Labute approximate surface area is 227 Å². The Balaban J connectivity index is 1.48. The summed E-state index contributed by atoms with van der Waals surface area (Å²) in [5.41, 5.74) is 3.59. The van der Waals surface area contributed by atoms with Gasteiger partial charge in [0, 0.05) is 23.0 Å². The van der Waals surface area contributed by atoms with Crippen LogP contribution in [0.4, 0.5) is 0 Å². The molecule has 3 aromatic rings. The van der Waals surface area contributed by atoms with Gasteiger partial charge in [-0.15, -0.1) is 0 Å². The van der Waals surface area contributed by atoms with Gasteiger partial charge < -0.3 is 4.74 Å². The maximum atomic E-state index is 12.7. The van der Waals surface area contributed by atoms with Crippen LogP contribution in [-0.4, -0.2) is 15.9 Å². The lowest BCUT2D eigenvalue weighted by atomic mass is 10.0. The van der Waals surface area contributed by atoms with Gasteiger partial charge in [-0.1, -0.05) is 89.3 Å². The van der Waals surface area contributed by atoms with E-state index in [9.17, 15) is 4.79 Å². The Kier molecular flexibility index (Phi) is 12.6. The largest absolute Gasteiger partial charge is 0.423 e. The molecule has 0 aliphatic heterocycles. The fourth-order valence-electron chi connectivity index (χ4n) is 4.38. The van der Waals surface area contributed by atoms with Crippen LogP contribution in [0.3, 0.4) is 0 Å². The van der Waals surface area contributed by atoms with Crippen LogP contribution in [0, 0.1) is 0 Å². The van der Waals surface area contributed by atoms with Crippen molar-refractivity contribution in [3.63, 3.8) is 0 Å². The first-order valence-corrected chi connectivity index (χ1v) is 14.4. The van der Waals surface area contributed by atoms with E-state index in [1.807, 2.05) is 30.6 Å². The Bertz CT molecular complexity index is 1080. The molecular weight excluding hydrogens is 480 g/mol. The number of benzene rings is 2. The molecule has 1 heterocycles. The minimum atomic E-state index is -0.416. The number of rotatable bonds is 16. The van der Waals surface area contributed by atoms with Crippen LogP contribution in [-0.2, 0) is 12.8 Å². The fraction of sp³-hybridized carbons (Fsp3) is 0.469. The number of esters is 1. The summed E-state index contributed by atoms with van der Waals surface area (Å²) in [5.74, 6) is 0.726. The molecule has 1 aromatic heterocycles. The standard InChI is InChI=1S/C32H41ClN2O2/c1-3-5-7-9-10-11-13-15-26-16-17-28(22-30(26)33)32(36)37-29-20-18-27(19-21-29)31-34-23-25(24-35-31)14-12-8-6-4-2/h16-24H,3-15H2,1-2H3. The van der Waals surface area contributed by atoms with Crippen molar-refractivity contribution in [2.75, 3.05) is 0 Å². The summed E-state index contributed by atoms with van der Waals surface area (Å²) in [7, 11) is 0. The van der Waals surface area contributed by atoms with Crippen molar-refractivity contribution in [2.45, 2.75) is 97.3 Å². The predicted octanol–water partition coefficient (Wildman–Crippen LogP) is 9.43. The second-order valence-electron chi connectivity index (χ2n) is 9.82. The highest BCUT2D eigenvalue weighted by atomic mass is 35.5. The zero-order valence-corrected chi connectivity index (χ0v) is 23.2. The summed E-state index contributed by atoms with van der Waals surface area (Å²) < 4.78 is 5.58. The molecule has 3 rings (SSSR count). The number of halogens is 1. The first-order chi connectivity index (χ1) is 18.1. The summed E-state index contributed by atoms with van der Waals surface area (Å²) in [4.78, 5) is 21.7. The molecule has 0 N–H and O–H groups in total. The average molecular weight is 521 g/mol. The molecule has 0 bridgehead atoms. The topological polar surface area (TPSA) is 52.1 Å². The second kappa shape index (κ2) is 16.2. The van der Waals surface area contributed by atoms with Gasteiger partial charge >= 0.3 is 5.97 Å². The van der Waals surface area contributed by atoms with E-state index >= 15 is 0 Å². The number of carbonyl (C=O) groups is 1. The Morgan fingerprint density at radius 1 is 0.757 bits per heavy atom. The molecule has 0 unspecified atom stereocenters. The van der Waals surface area contributed by atoms with Gasteiger partial charge in [0.2, 0.25) is 0 Å². The highest BCUT2D eigenvalue weighted by Crippen LogP contribution is 2.24. The number of carbonyl (C=O) groups excluding carboxylic acids is 1. The normalized spacial score (nSPS) is 11.0. The number of unbranched alkanes of at least 4 members (excludes halogenated alkanes) is 9. The maximum absolute atomic E-state index is 12.7. The third-order valence-corrected chi connectivity index (χ3v) is 7.04. The van der Waals surface area contributed by atoms with Gasteiger partial charge in [0.1, 0.15) is 5.75 Å². The lowest BCUT2D eigenvalue weighted by Gasteiger charge is -2.09. The van der Waals surface area contributed by atoms with E-state index in [1.54, 1.807) is 24.3 Å². The first-order valence-electron chi connectivity index (χ1n) is 14.0. The van der Waals surface area contributed by atoms with Gasteiger partial charge in [-0.2, -0.15) is 0 Å². The number of aromatic nitrogens is 2. The monoisotopic (exact) mass is 520 g/mol. The number of hydrogen-bond donors (Lipinski definition) is 0. The minimum absolute atomic E-state index is 0.416. The van der Waals surface area contributed by atoms with E-state index < -0.39 is 5.97 Å². The molecule has 0 fully saturated rings. The molecule has 0 saturated heterocycles. The SMILES string of the molecule is CCCCCCCCCc1ccc(C(=O)Oc2ccc(-c3ncc(CCCCCC)cn3)cc2)cc1Cl. The van der Waals surface area contributed by atoms with Gasteiger partial charge in [-0.05, 0) is 73.2 Å². The molecule has 0 amide bonds. The van der Waals surface area contributed by atoms with Crippen molar-refractivity contribution in [1.82, 2.24) is 9.97 Å². The van der Waals surface area contributed by atoms with E-state index in [-0.39, 0.29) is 0 Å². The number of ether oxygens (including phenoxy) is 1. The lowest BCUT2D eigenvalue weighted by molar-refractivity contribution is 0.0734. The molecule has 198 valence electrons. The number of aryl methyl sites for hydroxylation is 2. The van der Waals surface area contributed by atoms with Crippen molar-refractivity contribution in [3.05, 3.63) is 76.6 Å². The van der Waals surface area contributed by atoms with Crippen molar-refractivity contribution in [3.8, 4) is 17.1 Å². The fourth-order valence-corrected chi connectivity index (χ4v) is 4.65. The summed E-state index contributed by atoms with van der Waals surface area (Å²) in [6.07, 6.45) is 19.5.